The lowest BCUT2D eigenvalue weighted by Gasteiger charge is -2.26. The molecule has 146 valence electrons. The van der Waals surface area contributed by atoms with Crippen molar-refractivity contribution in [2.45, 2.75) is 52.0 Å². The lowest BCUT2D eigenvalue weighted by Crippen LogP contribution is -2.43. The van der Waals surface area contributed by atoms with Crippen molar-refractivity contribution >= 4 is 35.8 Å². The minimum Gasteiger partial charge on any atom is -0.357 e. The number of piperidine rings is 1. The van der Waals surface area contributed by atoms with Gasteiger partial charge in [0.05, 0.1) is 0 Å². The number of rotatable bonds is 7. The maximum atomic E-state index is 12.3. The summed E-state index contributed by atoms with van der Waals surface area (Å²) >= 11 is 0. The summed E-state index contributed by atoms with van der Waals surface area (Å²) in [5.41, 5.74) is 1.35. The minimum atomic E-state index is 0. The number of likely N-dealkylation sites (tertiary alicyclic amines) is 1. The van der Waals surface area contributed by atoms with E-state index in [2.05, 4.69) is 46.8 Å². The first kappa shape index (κ1) is 22.7. The first-order chi connectivity index (χ1) is 12.2. The molecule has 1 amide bonds. The SMILES string of the molecule is CCNC(=NCC(=O)N1CCCCC1)NC(C)CCc1ccccc1.I. The quantitative estimate of drug-likeness (QED) is 0.364. The second-order valence-corrected chi connectivity index (χ2v) is 6.71. The highest BCUT2D eigenvalue weighted by Crippen LogP contribution is 2.08. The Bertz CT molecular complexity index is 544. The molecule has 0 bridgehead atoms. The fourth-order valence-corrected chi connectivity index (χ4v) is 3.04. The van der Waals surface area contributed by atoms with Gasteiger partial charge in [-0.2, -0.15) is 0 Å². The monoisotopic (exact) mass is 472 g/mol. The number of hydrogen-bond acceptors (Lipinski definition) is 2. The van der Waals surface area contributed by atoms with Crippen molar-refractivity contribution in [2.75, 3.05) is 26.2 Å². The molecule has 1 aromatic carbocycles. The summed E-state index contributed by atoms with van der Waals surface area (Å²) in [7, 11) is 0. The maximum absolute atomic E-state index is 12.3. The Morgan fingerprint density at radius 1 is 1.19 bits per heavy atom. The summed E-state index contributed by atoms with van der Waals surface area (Å²) in [6.45, 7) is 6.97. The number of carbonyl (C=O) groups is 1. The van der Waals surface area contributed by atoms with Crippen molar-refractivity contribution < 1.29 is 4.79 Å². The lowest BCUT2D eigenvalue weighted by molar-refractivity contribution is -0.130. The van der Waals surface area contributed by atoms with Gasteiger partial charge in [-0.15, -0.1) is 24.0 Å². The van der Waals surface area contributed by atoms with Crippen molar-refractivity contribution in [3.8, 4) is 0 Å². The van der Waals surface area contributed by atoms with Crippen molar-refractivity contribution in [3.05, 3.63) is 35.9 Å². The number of carbonyl (C=O) groups excluding carboxylic acids is 1. The average Bonchev–Trinajstić information content (AvgIpc) is 2.66. The van der Waals surface area contributed by atoms with Crippen molar-refractivity contribution in [3.63, 3.8) is 0 Å². The molecular formula is C20H33IN4O. The summed E-state index contributed by atoms with van der Waals surface area (Å²) in [6.07, 6.45) is 5.51. The molecule has 1 unspecified atom stereocenters. The average molecular weight is 472 g/mol. The number of benzene rings is 1. The molecule has 0 saturated carbocycles. The zero-order valence-corrected chi connectivity index (χ0v) is 18.4. The molecule has 6 heteroatoms. The van der Waals surface area contributed by atoms with Gasteiger partial charge in [0.15, 0.2) is 5.96 Å². The molecule has 1 fully saturated rings. The molecular weight excluding hydrogens is 439 g/mol. The third-order valence-electron chi connectivity index (χ3n) is 4.52. The van der Waals surface area contributed by atoms with Gasteiger partial charge in [-0.05, 0) is 51.5 Å². The highest BCUT2D eigenvalue weighted by molar-refractivity contribution is 14.0. The van der Waals surface area contributed by atoms with Crippen LogP contribution in [0.1, 0.15) is 45.1 Å². The second-order valence-electron chi connectivity index (χ2n) is 6.71. The zero-order valence-electron chi connectivity index (χ0n) is 16.0. The van der Waals surface area contributed by atoms with Gasteiger partial charge in [0.25, 0.3) is 0 Å². The Kier molecular flexibility index (Phi) is 11.3. The molecule has 1 aromatic rings. The maximum Gasteiger partial charge on any atom is 0.244 e. The van der Waals surface area contributed by atoms with E-state index in [1.54, 1.807) is 0 Å². The Balaban J connectivity index is 0.00000338. The fraction of sp³-hybridized carbons (Fsp3) is 0.600. The molecule has 0 radical (unpaired) electrons. The van der Waals surface area contributed by atoms with Crippen molar-refractivity contribution in [1.82, 2.24) is 15.5 Å². The van der Waals surface area contributed by atoms with Gasteiger partial charge >= 0.3 is 0 Å². The van der Waals surface area contributed by atoms with E-state index in [1.165, 1.54) is 12.0 Å². The third-order valence-corrected chi connectivity index (χ3v) is 4.52. The fourth-order valence-electron chi connectivity index (χ4n) is 3.04. The zero-order chi connectivity index (χ0) is 17.9. The van der Waals surface area contributed by atoms with E-state index in [0.29, 0.717) is 6.04 Å². The molecule has 1 aliphatic heterocycles. The van der Waals surface area contributed by atoms with Gasteiger partial charge in [0, 0.05) is 25.7 Å². The van der Waals surface area contributed by atoms with E-state index in [-0.39, 0.29) is 36.4 Å². The van der Waals surface area contributed by atoms with Crippen LogP contribution in [-0.2, 0) is 11.2 Å². The van der Waals surface area contributed by atoms with Crippen LogP contribution in [0.25, 0.3) is 0 Å². The van der Waals surface area contributed by atoms with Gasteiger partial charge in [0.1, 0.15) is 6.54 Å². The van der Waals surface area contributed by atoms with Crippen LogP contribution in [0.4, 0.5) is 0 Å². The van der Waals surface area contributed by atoms with Gasteiger partial charge in [-0.25, -0.2) is 4.99 Å². The summed E-state index contributed by atoms with van der Waals surface area (Å²) in [4.78, 5) is 18.7. The van der Waals surface area contributed by atoms with E-state index in [4.69, 9.17) is 0 Å². The van der Waals surface area contributed by atoms with E-state index in [0.717, 1.165) is 51.3 Å². The standard InChI is InChI=1S/C20H32N4O.HI/c1-3-21-20(22-16-19(25)24-14-8-5-9-15-24)23-17(2)12-13-18-10-6-4-7-11-18;/h4,6-7,10-11,17H,3,5,8-9,12-16H2,1-2H3,(H2,21,22,23);1H. The Morgan fingerprint density at radius 3 is 2.54 bits per heavy atom. The molecule has 1 atom stereocenters. The molecule has 5 nitrogen and oxygen atoms in total. The molecule has 1 heterocycles. The van der Waals surface area contributed by atoms with E-state index in [1.807, 2.05) is 17.9 Å². The van der Waals surface area contributed by atoms with Gasteiger partial charge < -0.3 is 15.5 Å². The second kappa shape index (κ2) is 12.9. The lowest BCUT2D eigenvalue weighted by atomic mass is 10.1. The smallest absolute Gasteiger partial charge is 0.244 e. The first-order valence-electron chi connectivity index (χ1n) is 9.55. The number of guanidine groups is 1. The van der Waals surface area contributed by atoms with E-state index >= 15 is 0 Å². The molecule has 0 aromatic heterocycles. The molecule has 2 N–H and O–H groups in total. The van der Waals surface area contributed by atoms with Crippen LogP contribution in [0, 0.1) is 0 Å². The van der Waals surface area contributed by atoms with Crippen LogP contribution in [0.15, 0.2) is 35.3 Å². The van der Waals surface area contributed by atoms with Crippen LogP contribution < -0.4 is 10.6 Å². The molecule has 1 aliphatic rings. The van der Waals surface area contributed by atoms with Crippen LogP contribution in [0.5, 0.6) is 0 Å². The van der Waals surface area contributed by atoms with Crippen LogP contribution in [0.3, 0.4) is 0 Å². The molecule has 26 heavy (non-hydrogen) atoms. The molecule has 1 saturated heterocycles. The summed E-state index contributed by atoms with van der Waals surface area (Å²) in [5.74, 6) is 0.863. The number of aryl methyl sites for hydroxylation is 1. The first-order valence-corrected chi connectivity index (χ1v) is 9.55. The van der Waals surface area contributed by atoms with Gasteiger partial charge in [0.2, 0.25) is 5.91 Å². The number of amides is 1. The number of nitrogens with zero attached hydrogens (tertiary/aromatic N) is 2. The normalized spacial score (nSPS) is 15.8. The highest BCUT2D eigenvalue weighted by Gasteiger charge is 2.16. The van der Waals surface area contributed by atoms with Crippen LogP contribution in [0.2, 0.25) is 0 Å². The summed E-state index contributed by atoms with van der Waals surface area (Å²) in [5, 5.41) is 6.65. The van der Waals surface area contributed by atoms with Gasteiger partial charge in [-0.3, -0.25) is 4.79 Å². The largest absolute Gasteiger partial charge is 0.357 e. The number of halogens is 1. The van der Waals surface area contributed by atoms with Gasteiger partial charge in [-0.1, -0.05) is 30.3 Å². The van der Waals surface area contributed by atoms with Crippen LogP contribution in [-0.4, -0.2) is 49.0 Å². The Labute approximate surface area is 175 Å². The number of nitrogens with one attached hydrogen (secondary N) is 2. The Hall–Kier alpha value is -1.31. The third kappa shape index (κ3) is 8.38. The predicted molar refractivity (Wildman–Crippen MR) is 119 cm³/mol. The topological polar surface area (TPSA) is 56.7 Å². The molecule has 0 spiro atoms. The van der Waals surface area contributed by atoms with E-state index < -0.39 is 0 Å². The number of hydrogen-bond donors (Lipinski definition) is 2. The molecule has 2 rings (SSSR count). The predicted octanol–water partition coefficient (Wildman–Crippen LogP) is 3.19. The van der Waals surface area contributed by atoms with Crippen molar-refractivity contribution in [1.29, 1.82) is 0 Å². The molecule has 0 aliphatic carbocycles. The Morgan fingerprint density at radius 2 is 1.88 bits per heavy atom. The van der Waals surface area contributed by atoms with E-state index in [9.17, 15) is 4.79 Å². The van der Waals surface area contributed by atoms with Crippen molar-refractivity contribution in [2.24, 2.45) is 4.99 Å². The summed E-state index contributed by atoms with van der Waals surface area (Å²) in [6, 6.07) is 10.8. The highest BCUT2D eigenvalue weighted by atomic mass is 127. The van der Waals surface area contributed by atoms with Crippen LogP contribution >= 0.6 is 24.0 Å². The summed E-state index contributed by atoms with van der Waals surface area (Å²) < 4.78 is 0. The number of aliphatic imine (C=N–C) groups is 1. The minimum absolute atomic E-state index is 0.